The molecule has 0 aromatic carbocycles. The number of anilines is 1. The second-order valence-corrected chi connectivity index (χ2v) is 3.16. The number of aromatic amines is 1. The van der Waals surface area contributed by atoms with Gasteiger partial charge < -0.3 is 10.7 Å². The lowest BCUT2D eigenvalue weighted by atomic mass is 10.1. The van der Waals surface area contributed by atoms with Crippen molar-refractivity contribution in [1.29, 1.82) is 0 Å². The van der Waals surface area contributed by atoms with Crippen molar-refractivity contribution in [3.8, 4) is 0 Å². The molecule has 2 rings (SSSR count). The second-order valence-electron chi connectivity index (χ2n) is 3.16. The Morgan fingerprint density at radius 1 is 1.50 bits per heavy atom. The average molecular weight is 188 g/mol. The number of aromatic nitrogens is 3. The van der Waals surface area contributed by atoms with Crippen LogP contribution in [0.3, 0.4) is 0 Å². The highest BCUT2D eigenvalue weighted by molar-refractivity contribution is 5.96. The van der Waals surface area contributed by atoms with Crippen LogP contribution in [0.2, 0.25) is 0 Å². The van der Waals surface area contributed by atoms with Gasteiger partial charge in [0.1, 0.15) is 17.8 Å². The summed E-state index contributed by atoms with van der Waals surface area (Å²) in [5.74, 6) is 0.521. The third-order valence-electron chi connectivity index (χ3n) is 2.36. The van der Waals surface area contributed by atoms with Gasteiger partial charge in [-0.2, -0.15) is 0 Å². The standard InChI is InChI=1S/C10H12N4/c1-3-6(2)7-4-12-10-8(7)9(11)13-5-14-10/h3-5H,1-2H3,(H3,11,12,13,14)/b6-3+. The quantitative estimate of drug-likeness (QED) is 0.718. The van der Waals surface area contributed by atoms with Crippen LogP contribution in [0.15, 0.2) is 18.6 Å². The van der Waals surface area contributed by atoms with Gasteiger partial charge in [0, 0.05) is 11.8 Å². The molecule has 0 fully saturated rings. The van der Waals surface area contributed by atoms with E-state index in [0.717, 1.165) is 22.2 Å². The SMILES string of the molecule is C/C=C(\C)c1c[nH]c2ncnc(N)c12. The van der Waals surface area contributed by atoms with E-state index in [1.165, 1.54) is 6.33 Å². The maximum atomic E-state index is 5.80. The van der Waals surface area contributed by atoms with Crippen LogP contribution >= 0.6 is 0 Å². The molecule has 2 aromatic rings. The molecule has 0 aliphatic rings. The molecule has 0 atom stereocenters. The largest absolute Gasteiger partial charge is 0.383 e. The van der Waals surface area contributed by atoms with E-state index in [-0.39, 0.29) is 0 Å². The van der Waals surface area contributed by atoms with Crippen LogP contribution in [0.25, 0.3) is 16.6 Å². The maximum Gasteiger partial charge on any atom is 0.143 e. The zero-order valence-electron chi connectivity index (χ0n) is 8.20. The molecule has 0 aliphatic carbocycles. The molecule has 0 spiro atoms. The van der Waals surface area contributed by atoms with Crippen LogP contribution in [0.5, 0.6) is 0 Å². The van der Waals surface area contributed by atoms with Crippen molar-refractivity contribution in [2.75, 3.05) is 5.73 Å². The number of rotatable bonds is 1. The van der Waals surface area contributed by atoms with Crippen LogP contribution < -0.4 is 5.73 Å². The fourth-order valence-electron chi connectivity index (χ4n) is 1.45. The van der Waals surface area contributed by atoms with Gasteiger partial charge in [-0.3, -0.25) is 0 Å². The van der Waals surface area contributed by atoms with Gasteiger partial charge in [0.05, 0.1) is 5.39 Å². The van der Waals surface area contributed by atoms with Crippen LogP contribution in [0.1, 0.15) is 19.4 Å². The zero-order chi connectivity index (χ0) is 10.1. The van der Waals surface area contributed by atoms with E-state index in [0.29, 0.717) is 5.82 Å². The summed E-state index contributed by atoms with van der Waals surface area (Å²) in [5, 5.41) is 0.906. The van der Waals surface area contributed by atoms with Crippen molar-refractivity contribution in [2.45, 2.75) is 13.8 Å². The molecule has 0 aliphatic heterocycles. The number of hydrogen-bond donors (Lipinski definition) is 2. The third-order valence-corrected chi connectivity index (χ3v) is 2.36. The molecule has 3 N–H and O–H groups in total. The molecular weight excluding hydrogens is 176 g/mol. The average Bonchev–Trinajstić information content (AvgIpc) is 2.62. The highest BCUT2D eigenvalue weighted by Gasteiger charge is 2.08. The summed E-state index contributed by atoms with van der Waals surface area (Å²) >= 11 is 0. The molecule has 72 valence electrons. The van der Waals surface area contributed by atoms with Gasteiger partial charge in [0.25, 0.3) is 0 Å². The van der Waals surface area contributed by atoms with E-state index in [4.69, 9.17) is 5.73 Å². The Labute approximate surface area is 81.9 Å². The summed E-state index contributed by atoms with van der Waals surface area (Å²) < 4.78 is 0. The normalized spacial score (nSPS) is 12.3. The molecule has 0 saturated carbocycles. The first kappa shape index (κ1) is 8.74. The number of fused-ring (bicyclic) bond motifs is 1. The van der Waals surface area contributed by atoms with Gasteiger partial charge >= 0.3 is 0 Å². The van der Waals surface area contributed by atoms with E-state index in [9.17, 15) is 0 Å². The summed E-state index contributed by atoms with van der Waals surface area (Å²) in [6.07, 6.45) is 5.41. The van der Waals surface area contributed by atoms with Crippen LogP contribution in [0.4, 0.5) is 5.82 Å². The molecule has 4 heteroatoms. The van der Waals surface area contributed by atoms with Crippen molar-refractivity contribution in [1.82, 2.24) is 15.0 Å². The number of H-pyrrole nitrogens is 1. The second kappa shape index (κ2) is 3.14. The highest BCUT2D eigenvalue weighted by atomic mass is 15.0. The van der Waals surface area contributed by atoms with Crippen molar-refractivity contribution >= 4 is 22.4 Å². The Hall–Kier alpha value is -1.84. The summed E-state index contributed by atoms with van der Waals surface area (Å²) in [4.78, 5) is 11.2. The predicted molar refractivity (Wildman–Crippen MR) is 57.6 cm³/mol. The first-order valence-corrected chi connectivity index (χ1v) is 4.45. The molecule has 2 heterocycles. The van der Waals surface area contributed by atoms with E-state index in [1.807, 2.05) is 26.1 Å². The fraction of sp³-hybridized carbons (Fsp3) is 0.200. The Morgan fingerprint density at radius 3 is 3.00 bits per heavy atom. The Balaban J connectivity index is 2.80. The minimum atomic E-state index is 0.521. The number of nitrogens with zero attached hydrogens (tertiary/aromatic N) is 2. The molecule has 2 aromatic heterocycles. The van der Waals surface area contributed by atoms with E-state index in [1.54, 1.807) is 0 Å². The van der Waals surface area contributed by atoms with E-state index >= 15 is 0 Å². The molecule has 0 amide bonds. The molecule has 0 radical (unpaired) electrons. The molecule has 0 bridgehead atoms. The lowest BCUT2D eigenvalue weighted by Gasteiger charge is -1.99. The van der Waals surface area contributed by atoms with Crippen molar-refractivity contribution in [3.63, 3.8) is 0 Å². The summed E-state index contributed by atoms with van der Waals surface area (Å²) in [6, 6.07) is 0. The lowest BCUT2D eigenvalue weighted by Crippen LogP contribution is -1.92. The molecule has 0 saturated heterocycles. The van der Waals surface area contributed by atoms with Crippen LogP contribution in [0, 0.1) is 0 Å². The lowest BCUT2D eigenvalue weighted by molar-refractivity contribution is 1.21. The topological polar surface area (TPSA) is 67.6 Å². The van der Waals surface area contributed by atoms with Crippen LogP contribution in [-0.4, -0.2) is 15.0 Å². The van der Waals surface area contributed by atoms with Gasteiger partial charge in [-0.1, -0.05) is 6.08 Å². The zero-order valence-corrected chi connectivity index (χ0v) is 8.20. The predicted octanol–water partition coefficient (Wildman–Crippen LogP) is 1.96. The number of hydrogen-bond acceptors (Lipinski definition) is 3. The summed E-state index contributed by atoms with van der Waals surface area (Å²) in [7, 11) is 0. The van der Waals surface area contributed by atoms with Gasteiger partial charge in [0.2, 0.25) is 0 Å². The molecule has 0 unspecified atom stereocenters. The molecule has 4 nitrogen and oxygen atoms in total. The van der Waals surface area contributed by atoms with E-state index in [2.05, 4.69) is 15.0 Å². The minimum Gasteiger partial charge on any atom is -0.383 e. The first-order valence-electron chi connectivity index (χ1n) is 4.45. The fourth-order valence-corrected chi connectivity index (χ4v) is 1.45. The summed E-state index contributed by atoms with van der Waals surface area (Å²) in [5.41, 5.74) is 8.82. The third kappa shape index (κ3) is 1.16. The van der Waals surface area contributed by atoms with Crippen molar-refractivity contribution in [3.05, 3.63) is 24.2 Å². The maximum absolute atomic E-state index is 5.80. The van der Waals surface area contributed by atoms with Crippen molar-refractivity contribution < 1.29 is 0 Å². The van der Waals surface area contributed by atoms with Gasteiger partial charge in [0.15, 0.2) is 0 Å². The first-order chi connectivity index (χ1) is 6.74. The number of nitrogens with two attached hydrogens (primary N) is 1. The smallest absolute Gasteiger partial charge is 0.143 e. The summed E-state index contributed by atoms with van der Waals surface area (Å²) in [6.45, 7) is 4.03. The van der Waals surface area contributed by atoms with Gasteiger partial charge in [-0.25, -0.2) is 9.97 Å². The number of nitrogen functional groups attached to an aromatic ring is 1. The Morgan fingerprint density at radius 2 is 2.29 bits per heavy atom. The monoisotopic (exact) mass is 188 g/mol. The number of allylic oxidation sites excluding steroid dienone is 2. The Kier molecular flexibility index (Phi) is 1.96. The van der Waals surface area contributed by atoms with Gasteiger partial charge in [-0.15, -0.1) is 0 Å². The minimum absolute atomic E-state index is 0.521. The van der Waals surface area contributed by atoms with Gasteiger partial charge in [-0.05, 0) is 19.4 Å². The van der Waals surface area contributed by atoms with Crippen LogP contribution in [-0.2, 0) is 0 Å². The van der Waals surface area contributed by atoms with Crippen molar-refractivity contribution in [2.24, 2.45) is 0 Å². The molecular formula is C10H12N4. The number of nitrogens with one attached hydrogen (secondary N) is 1. The highest BCUT2D eigenvalue weighted by Crippen LogP contribution is 2.26. The Bertz CT molecular complexity index is 496. The molecule has 14 heavy (non-hydrogen) atoms. The van der Waals surface area contributed by atoms with E-state index < -0.39 is 0 Å².